The second-order valence-electron chi connectivity index (χ2n) is 9.62. The summed E-state index contributed by atoms with van der Waals surface area (Å²) in [5.74, 6) is -0.248. The highest BCUT2D eigenvalue weighted by molar-refractivity contribution is 7.94. The zero-order valence-corrected chi connectivity index (χ0v) is 20.2. The predicted molar refractivity (Wildman–Crippen MR) is 125 cm³/mol. The molecule has 2 bridgehead atoms. The van der Waals surface area contributed by atoms with Crippen molar-refractivity contribution in [1.82, 2.24) is 5.32 Å². The van der Waals surface area contributed by atoms with Crippen molar-refractivity contribution in [2.75, 3.05) is 24.5 Å². The van der Waals surface area contributed by atoms with Crippen molar-refractivity contribution < 1.29 is 31.1 Å². The fourth-order valence-electron chi connectivity index (χ4n) is 6.41. The summed E-state index contributed by atoms with van der Waals surface area (Å²) in [5.41, 5.74) is -1.50. The topological polar surface area (TPSA) is 99.5 Å². The third-order valence-electron chi connectivity index (χ3n) is 8.09. The number of hydrogen-bond acceptors (Lipinski definition) is 5. The summed E-state index contributed by atoms with van der Waals surface area (Å²) < 4.78 is 73.7. The molecule has 11 heteroatoms. The molecule has 0 radical (unpaired) electrons. The molecule has 190 valence electrons. The Hall–Kier alpha value is -3.26. The molecular formula is C25H24F3N3O4S. The molecule has 1 heterocycles. The van der Waals surface area contributed by atoms with Crippen LogP contribution in [0.3, 0.4) is 0 Å². The highest BCUT2D eigenvalue weighted by atomic mass is 32.2. The highest BCUT2D eigenvalue weighted by Crippen LogP contribution is 2.62. The fraction of sp³-hybridized carbons (Fsp3) is 0.440. The van der Waals surface area contributed by atoms with Gasteiger partial charge < -0.3 is 10.1 Å². The lowest BCUT2D eigenvalue weighted by Gasteiger charge is -2.37. The molecule has 7 nitrogen and oxygen atoms in total. The minimum absolute atomic E-state index is 0.0467. The minimum Gasteiger partial charge on any atom is -0.497 e. The summed E-state index contributed by atoms with van der Waals surface area (Å²) in [6, 6.07) is 10.9. The zero-order valence-electron chi connectivity index (χ0n) is 19.4. The van der Waals surface area contributed by atoms with E-state index in [-0.39, 0.29) is 36.5 Å². The van der Waals surface area contributed by atoms with Gasteiger partial charge in [-0.3, -0.25) is 9.10 Å². The molecule has 2 aromatic rings. The van der Waals surface area contributed by atoms with E-state index in [0.29, 0.717) is 17.7 Å². The normalized spacial score (nSPS) is 28.0. The molecule has 5 rings (SSSR count). The van der Waals surface area contributed by atoms with Crippen LogP contribution in [-0.4, -0.2) is 39.3 Å². The van der Waals surface area contributed by atoms with Gasteiger partial charge in [-0.1, -0.05) is 0 Å². The molecule has 3 fully saturated rings. The van der Waals surface area contributed by atoms with Gasteiger partial charge in [0.25, 0.3) is 5.91 Å². The van der Waals surface area contributed by atoms with Gasteiger partial charge >= 0.3 is 6.18 Å². The lowest BCUT2D eigenvalue weighted by Crippen LogP contribution is -2.55. The van der Waals surface area contributed by atoms with E-state index in [1.807, 2.05) is 0 Å². The monoisotopic (exact) mass is 519 g/mol. The molecule has 1 N–H and O–H groups in total. The maximum atomic E-state index is 14.0. The van der Waals surface area contributed by atoms with Crippen LogP contribution >= 0.6 is 0 Å². The Morgan fingerprint density at radius 2 is 1.94 bits per heavy atom. The molecule has 0 spiro atoms. The van der Waals surface area contributed by atoms with Crippen molar-refractivity contribution in [2.24, 2.45) is 17.8 Å². The Bertz CT molecular complexity index is 1350. The molecule has 4 atom stereocenters. The smallest absolute Gasteiger partial charge is 0.417 e. The third-order valence-corrected chi connectivity index (χ3v) is 10.8. The van der Waals surface area contributed by atoms with Crippen molar-refractivity contribution in [3.8, 4) is 11.8 Å². The molecule has 3 aliphatic rings. The first-order valence-electron chi connectivity index (χ1n) is 11.6. The van der Waals surface area contributed by atoms with Crippen molar-refractivity contribution >= 4 is 21.6 Å². The second kappa shape index (κ2) is 8.40. The quantitative estimate of drug-likeness (QED) is 0.645. The minimum atomic E-state index is -4.80. The fourth-order valence-corrected chi connectivity index (χ4v) is 9.11. The number of amides is 1. The number of carbonyl (C=O) groups excluding carboxylic acids is 1. The van der Waals surface area contributed by atoms with Crippen molar-refractivity contribution in [1.29, 1.82) is 5.26 Å². The first kappa shape index (κ1) is 24.4. The molecule has 1 amide bonds. The van der Waals surface area contributed by atoms with E-state index < -0.39 is 38.0 Å². The maximum absolute atomic E-state index is 14.0. The zero-order chi connectivity index (χ0) is 25.9. The molecule has 0 unspecified atom stereocenters. The summed E-state index contributed by atoms with van der Waals surface area (Å²) in [4.78, 5) is 12.9. The van der Waals surface area contributed by atoms with E-state index in [1.54, 1.807) is 24.3 Å². The SMILES string of the molecule is COc1ccc(C(=O)NC[C@@]23[C@H]4CC[C@H](C4)[C@@H]2CN(c2ccc(C#N)c(C(F)(F)F)c2)S3(=O)=O)cc1. The van der Waals surface area contributed by atoms with E-state index in [9.17, 15) is 26.4 Å². The number of sulfonamides is 1. The first-order chi connectivity index (χ1) is 17.0. The number of fused-ring (bicyclic) bond motifs is 5. The predicted octanol–water partition coefficient (Wildman–Crippen LogP) is 3.95. The second-order valence-corrected chi connectivity index (χ2v) is 11.8. The van der Waals surface area contributed by atoms with Gasteiger partial charge in [0.2, 0.25) is 10.0 Å². The van der Waals surface area contributed by atoms with Crippen LogP contribution in [-0.2, 0) is 16.2 Å². The summed E-state index contributed by atoms with van der Waals surface area (Å²) in [7, 11) is -2.63. The number of nitriles is 1. The van der Waals surface area contributed by atoms with Gasteiger partial charge in [0.15, 0.2) is 0 Å². The average Bonchev–Trinajstić information content (AvgIpc) is 3.52. The number of nitrogens with zero attached hydrogens (tertiary/aromatic N) is 2. The van der Waals surface area contributed by atoms with Crippen LogP contribution in [0.1, 0.15) is 40.7 Å². The molecule has 1 saturated heterocycles. The maximum Gasteiger partial charge on any atom is 0.417 e. The number of rotatable bonds is 5. The Balaban J connectivity index is 1.48. The molecule has 2 saturated carbocycles. The Labute approximate surface area is 206 Å². The number of carbonyl (C=O) groups is 1. The van der Waals surface area contributed by atoms with Gasteiger partial charge in [-0.15, -0.1) is 0 Å². The van der Waals surface area contributed by atoms with Gasteiger partial charge in [0.05, 0.1) is 30.0 Å². The number of nitrogens with one attached hydrogen (secondary N) is 1. The van der Waals surface area contributed by atoms with E-state index >= 15 is 0 Å². The Morgan fingerprint density at radius 1 is 1.22 bits per heavy atom. The summed E-state index contributed by atoms with van der Waals surface area (Å²) >= 11 is 0. The van der Waals surface area contributed by atoms with Gasteiger partial charge in [-0.05, 0) is 73.6 Å². The lowest BCUT2D eigenvalue weighted by molar-refractivity contribution is -0.137. The lowest BCUT2D eigenvalue weighted by atomic mass is 9.78. The van der Waals surface area contributed by atoms with Crippen molar-refractivity contribution in [3.05, 3.63) is 59.2 Å². The van der Waals surface area contributed by atoms with Crippen molar-refractivity contribution in [2.45, 2.75) is 30.2 Å². The molecule has 1 aliphatic heterocycles. The molecule has 2 aliphatic carbocycles. The van der Waals surface area contributed by atoms with Crippen LogP contribution in [0, 0.1) is 29.1 Å². The van der Waals surface area contributed by atoms with Crippen LogP contribution in [0.5, 0.6) is 5.75 Å². The van der Waals surface area contributed by atoms with Crippen LogP contribution < -0.4 is 14.4 Å². The Kier molecular flexibility index (Phi) is 5.70. The summed E-state index contributed by atoms with van der Waals surface area (Å²) in [6.45, 7) is -0.0734. The van der Waals surface area contributed by atoms with Gasteiger partial charge in [0, 0.05) is 24.6 Å². The molecule has 36 heavy (non-hydrogen) atoms. The van der Waals surface area contributed by atoms with Gasteiger partial charge in [-0.2, -0.15) is 18.4 Å². The van der Waals surface area contributed by atoms with Crippen molar-refractivity contribution in [3.63, 3.8) is 0 Å². The van der Waals surface area contributed by atoms with E-state index in [4.69, 9.17) is 10.00 Å². The van der Waals surface area contributed by atoms with Crippen LogP contribution in [0.15, 0.2) is 42.5 Å². The number of benzene rings is 2. The van der Waals surface area contributed by atoms with Gasteiger partial charge in [0.1, 0.15) is 10.5 Å². The van der Waals surface area contributed by atoms with Crippen LogP contribution in [0.2, 0.25) is 0 Å². The number of ether oxygens (including phenoxy) is 1. The molecule has 0 aromatic heterocycles. The van der Waals surface area contributed by atoms with Crippen LogP contribution in [0.25, 0.3) is 0 Å². The number of alkyl halides is 3. The summed E-state index contributed by atoms with van der Waals surface area (Å²) in [5, 5.41) is 11.9. The standard InChI is InChI=1S/C25H24F3N3O4S/c1-35-20-8-4-15(5-9-20)23(32)30-14-24-18-6-2-16(10-18)22(24)13-31(36(24,33)34)19-7-3-17(12-29)21(11-19)25(26,27)28/h3-5,7-9,11,16,18,22H,2,6,10,13-14H2,1H3,(H,30,32)/t16-,18+,22+,24-/m1/s1. The van der Waals surface area contributed by atoms with E-state index in [0.717, 1.165) is 29.3 Å². The highest BCUT2D eigenvalue weighted by Gasteiger charge is 2.70. The first-order valence-corrected chi connectivity index (χ1v) is 13.0. The largest absolute Gasteiger partial charge is 0.497 e. The van der Waals surface area contributed by atoms with Gasteiger partial charge in [-0.25, -0.2) is 8.42 Å². The molecular weight excluding hydrogens is 495 g/mol. The number of halogens is 3. The summed E-state index contributed by atoms with van der Waals surface area (Å²) in [6.07, 6.45) is -2.54. The molecule has 2 aromatic carbocycles. The average molecular weight is 520 g/mol. The van der Waals surface area contributed by atoms with Crippen LogP contribution in [0.4, 0.5) is 18.9 Å². The number of hydrogen-bond donors (Lipinski definition) is 1. The third kappa shape index (κ3) is 3.53. The number of methoxy groups -OCH3 is 1. The Morgan fingerprint density at radius 3 is 2.58 bits per heavy atom. The van der Waals surface area contributed by atoms with E-state index in [2.05, 4.69) is 5.32 Å². The number of anilines is 1. The van der Waals surface area contributed by atoms with E-state index in [1.165, 1.54) is 19.2 Å².